The fourth-order valence-electron chi connectivity index (χ4n) is 1.56. The molecule has 8 heteroatoms. The highest BCUT2D eigenvalue weighted by Gasteiger charge is 2.07. The number of amides is 1. The van der Waals surface area contributed by atoms with Gasteiger partial charge in [-0.2, -0.15) is 0 Å². The molecule has 20 heavy (non-hydrogen) atoms. The standard InChI is InChI=1S/C12H13F2N5O/c13-10-2-1-8(3-11(10)14)5-16-12(20)7-19-6-9(4-15)17-18-19/h1-3,6H,4-5,7,15H2,(H,16,20). The van der Waals surface area contributed by atoms with Crippen molar-refractivity contribution >= 4 is 5.91 Å². The minimum Gasteiger partial charge on any atom is -0.350 e. The molecule has 0 saturated heterocycles. The van der Waals surface area contributed by atoms with Crippen LogP contribution in [0.25, 0.3) is 0 Å². The van der Waals surface area contributed by atoms with Crippen LogP contribution in [-0.4, -0.2) is 20.9 Å². The van der Waals surface area contributed by atoms with Gasteiger partial charge in [0.25, 0.3) is 0 Å². The number of aromatic nitrogens is 3. The summed E-state index contributed by atoms with van der Waals surface area (Å²) in [6, 6.07) is 3.46. The van der Waals surface area contributed by atoms with Crippen LogP contribution in [0.5, 0.6) is 0 Å². The van der Waals surface area contributed by atoms with E-state index in [0.717, 1.165) is 12.1 Å². The van der Waals surface area contributed by atoms with Crippen LogP contribution in [0.3, 0.4) is 0 Å². The highest BCUT2D eigenvalue weighted by Crippen LogP contribution is 2.08. The van der Waals surface area contributed by atoms with Crippen molar-refractivity contribution in [3.05, 3.63) is 47.3 Å². The van der Waals surface area contributed by atoms with Crippen molar-refractivity contribution in [1.82, 2.24) is 20.3 Å². The van der Waals surface area contributed by atoms with Gasteiger partial charge in [-0.25, -0.2) is 13.5 Å². The Bertz CT molecular complexity index is 614. The van der Waals surface area contributed by atoms with Crippen LogP contribution in [0.1, 0.15) is 11.3 Å². The third kappa shape index (κ3) is 3.58. The van der Waals surface area contributed by atoms with Crippen molar-refractivity contribution in [2.24, 2.45) is 5.73 Å². The van der Waals surface area contributed by atoms with E-state index in [0.29, 0.717) is 11.3 Å². The van der Waals surface area contributed by atoms with Gasteiger partial charge in [0.1, 0.15) is 6.54 Å². The number of rotatable bonds is 5. The van der Waals surface area contributed by atoms with E-state index in [9.17, 15) is 13.6 Å². The van der Waals surface area contributed by atoms with E-state index in [2.05, 4.69) is 15.6 Å². The van der Waals surface area contributed by atoms with Gasteiger partial charge in [-0.3, -0.25) is 4.79 Å². The summed E-state index contributed by atoms with van der Waals surface area (Å²) < 4.78 is 27.1. The lowest BCUT2D eigenvalue weighted by molar-refractivity contribution is -0.122. The van der Waals surface area contributed by atoms with Crippen LogP contribution in [-0.2, 0) is 24.4 Å². The second-order valence-electron chi connectivity index (χ2n) is 4.14. The van der Waals surface area contributed by atoms with Gasteiger partial charge in [-0.15, -0.1) is 5.10 Å². The number of carbonyl (C=O) groups excluding carboxylic acids is 1. The molecule has 0 fully saturated rings. The number of halogens is 2. The Morgan fingerprint density at radius 1 is 1.35 bits per heavy atom. The Balaban J connectivity index is 1.87. The smallest absolute Gasteiger partial charge is 0.242 e. The van der Waals surface area contributed by atoms with Gasteiger partial charge in [-0.1, -0.05) is 11.3 Å². The molecule has 1 aromatic heterocycles. The van der Waals surface area contributed by atoms with Crippen molar-refractivity contribution in [2.45, 2.75) is 19.6 Å². The molecule has 3 N–H and O–H groups in total. The van der Waals surface area contributed by atoms with E-state index in [1.165, 1.54) is 10.7 Å². The molecule has 1 heterocycles. The molecule has 0 spiro atoms. The van der Waals surface area contributed by atoms with E-state index >= 15 is 0 Å². The predicted molar refractivity (Wildman–Crippen MR) is 66.1 cm³/mol. The Morgan fingerprint density at radius 2 is 2.15 bits per heavy atom. The molecule has 1 aromatic carbocycles. The summed E-state index contributed by atoms with van der Waals surface area (Å²) in [5.74, 6) is -2.18. The zero-order valence-electron chi connectivity index (χ0n) is 10.5. The van der Waals surface area contributed by atoms with Gasteiger partial charge in [0, 0.05) is 13.1 Å². The van der Waals surface area contributed by atoms with Gasteiger partial charge in [0.15, 0.2) is 11.6 Å². The summed E-state index contributed by atoms with van der Waals surface area (Å²) >= 11 is 0. The van der Waals surface area contributed by atoms with Crippen molar-refractivity contribution in [3.8, 4) is 0 Å². The lowest BCUT2D eigenvalue weighted by Gasteiger charge is -2.05. The van der Waals surface area contributed by atoms with Crippen LogP contribution >= 0.6 is 0 Å². The fraction of sp³-hybridized carbons (Fsp3) is 0.250. The molecular formula is C12H13F2N5O. The van der Waals surface area contributed by atoms with E-state index in [-0.39, 0.29) is 25.5 Å². The summed E-state index contributed by atoms with van der Waals surface area (Å²) in [4.78, 5) is 11.6. The second-order valence-corrected chi connectivity index (χ2v) is 4.14. The molecular weight excluding hydrogens is 268 g/mol. The number of nitrogens with zero attached hydrogens (tertiary/aromatic N) is 3. The maximum absolute atomic E-state index is 13.0. The van der Waals surface area contributed by atoms with Gasteiger partial charge in [-0.05, 0) is 17.7 Å². The third-order valence-electron chi connectivity index (χ3n) is 2.57. The first-order valence-corrected chi connectivity index (χ1v) is 5.88. The van der Waals surface area contributed by atoms with E-state index in [1.807, 2.05) is 0 Å². The van der Waals surface area contributed by atoms with Crippen molar-refractivity contribution in [3.63, 3.8) is 0 Å². The lowest BCUT2D eigenvalue weighted by Crippen LogP contribution is -2.27. The Labute approximate surface area is 113 Å². The van der Waals surface area contributed by atoms with Crippen molar-refractivity contribution in [2.75, 3.05) is 0 Å². The topological polar surface area (TPSA) is 85.8 Å². The SMILES string of the molecule is NCc1cn(CC(=O)NCc2ccc(F)c(F)c2)nn1. The van der Waals surface area contributed by atoms with Crippen LogP contribution in [0.2, 0.25) is 0 Å². The van der Waals surface area contributed by atoms with E-state index in [4.69, 9.17) is 5.73 Å². The molecule has 106 valence electrons. The first kappa shape index (κ1) is 14.1. The molecule has 1 amide bonds. The fourth-order valence-corrected chi connectivity index (χ4v) is 1.56. The summed E-state index contributed by atoms with van der Waals surface area (Å²) in [6.45, 7) is 0.335. The third-order valence-corrected chi connectivity index (χ3v) is 2.57. The average Bonchev–Trinajstić information content (AvgIpc) is 2.88. The van der Waals surface area contributed by atoms with Crippen molar-refractivity contribution < 1.29 is 13.6 Å². The first-order chi connectivity index (χ1) is 9.58. The highest BCUT2D eigenvalue weighted by atomic mass is 19.2. The number of hydrogen-bond acceptors (Lipinski definition) is 4. The number of nitrogens with two attached hydrogens (primary N) is 1. The van der Waals surface area contributed by atoms with E-state index in [1.54, 1.807) is 6.20 Å². The molecule has 0 unspecified atom stereocenters. The van der Waals surface area contributed by atoms with Gasteiger partial charge < -0.3 is 11.1 Å². The summed E-state index contributed by atoms with van der Waals surface area (Å²) in [6.07, 6.45) is 1.57. The Hall–Kier alpha value is -2.35. The number of carbonyl (C=O) groups is 1. The predicted octanol–water partition coefficient (Wildman–Crippen LogP) is 0.331. The zero-order chi connectivity index (χ0) is 14.5. The van der Waals surface area contributed by atoms with E-state index < -0.39 is 11.6 Å². The molecule has 0 bridgehead atoms. The van der Waals surface area contributed by atoms with Crippen LogP contribution in [0.4, 0.5) is 8.78 Å². The zero-order valence-corrected chi connectivity index (χ0v) is 10.5. The maximum atomic E-state index is 13.0. The summed E-state index contributed by atoms with van der Waals surface area (Å²) in [7, 11) is 0. The number of benzene rings is 1. The van der Waals surface area contributed by atoms with Gasteiger partial charge in [0.2, 0.25) is 5.91 Å². The van der Waals surface area contributed by atoms with Crippen LogP contribution in [0, 0.1) is 11.6 Å². The van der Waals surface area contributed by atoms with Gasteiger partial charge in [0.05, 0.1) is 11.9 Å². The molecule has 2 aromatic rings. The monoisotopic (exact) mass is 281 g/mol. The second kappa shape index (κ2) is 6.20. The number of nitrogens with one attached hydrogen (secondary N) is 1. The maximum Gasteiger partial charge on any atom is 0.242 e. The van der Waals surface area contributed by atoms with Crippen molar-refractivity contribution in [1.29, 1.82) is 0 Å². The molecule has 0 atom stereocenters. The molecule has 0 saturated carbocycles. The average molecular weight is 281 g/mol. The molecule has 0 aliphatic rings. The normalized spacial score (nSPS) is 10.6. The van der Waals surface area contributed by atoms with Crippen LogP contribution in [0.15, 0.2) is 24.4 Å². The molecule has 0 radical (unpaired) electrons. The Morgan fingerprint density at radius 3 is 2.80 bits per heavy atom. The van der Waals surface area contributed by atoms with Crippen LogP contribution < -0.4 is 11.1 Å². The lowest BCUT2D eigenvalue weighted by atomic mass is 10.2. The first-order valence-electron chi connectivity index (χ1n) is 5.88. The quantitative estimate of drug-likeness (QED) is 0.827. The molecule has 0 aliphatic heterocycles. The Kier molecular flexibility index (Phi) is 4.36. The molecule has 2 rings (SSSR count). The van der Waals surface area contributed by atoms with Gasteiger partial charge >= 0.3 is 0 Å². The number of hydrogen-bond donors (Lipinski definition) is 2. The largest absolute Gasteiger partial charge is 0.350 e. The summed E-state index contributed by atoms with van der Waals surface area (Å²) in [5.41, 5.74) is 6.43. The minimum atomic E-state index is -0.944. The summed E-state index contributed by atoms with van der Waals surface area (Å²) in [5, 5.41) is 10.0. The highest BCUT2D eigenvalue weighted by molar-refractivity contribution is 5.75. The minimum absolute atomic E-state index is 0.0172. The molecule has 0 aliphatic carbocycles. The molecule has 6 nitrogen and oxygen atoms in total.